The molecule has 188 valence electrons. The van der Waals surface area contributed by atoms with E-state index in [0.29, 0.717) is 36.0 Å². The van der Waals surface area contributed by atoms with Gasteiger partial charge in [0.1, 0.15) is 11.5 Å². The fraction of sp³-hybridized carbons (Fsp3) is 0.250. The molecule has 3 aromatic carbocycles. The molecule has 7 nitrogen and oxygen atoms in total. The molecule has 0 fully saturated rings. The van der Waals surface area contributed by atoms with Crippen LogP contribution in [0.25, 0.3) is 0 Å². The van der Waals surface area contributed by atoms with Crippen molar-refractivity contribution < 1.29 is 19.1 Å². The van der Waals surface area contributed by atoms with Crippen LogP contribution in [0.3, 0.4) is 0 Å². The molecule has 0 saturated heterocycles. The molecule has 3 aromatic rings. The molecule has 2 amide bonds. The number of hydrogen-bond donors (Lipinski definition) is 3. The molecule has 3 N–H and O–H groups in total. The van der Waals surface area contributed by atoms with Crippen LogP contribution in [-0.2, 0) is 11.2 Å². The average molecular weight is 506 g/mol. The third-order valence-corrected chi connectivity index (χ3v) is 5.80. The van der Waals surface area contributed by atoms with Gasteiger partial charge in [-0.1, -0.05) is 68.4 Å². The van der Waals surface area contributed by atoms with Crippen LogP contribution in [0.15, 0.2) is 78.9 Å². The summed E-state index contributed by atoms with van der Waals surface area (Å²) in [7, 11) is 0. The van der Waals surface area contributed by atoms with Crippen LogP contribution in [0.4, 0.5) is 0 Å². The highest BCUT2D eigenvalue weighted by Crippen LogP contribution is 2.21. The van der Waals surface area contributed by atoms with Gasteiger partial charge in [-0.3, -0.25) is 25.8 Å². The molecule has 1 atom stereocenters. The Kier molecular flexibility index (Phi) is 10.3. The maximum atomic E-state index is 12.7. The number of carbonyl (C=O) groups excluding carboxylic acids is 2. The Hall–Kier alpha value is -3.91. The van der Waals surface area contributed by atoms with Crippen molar-refractivity contribution in [3.05, 3.63) is 95.6 Å². The average Bonchev–Trinajstić information content (AvgIpc) is 2.91. The van der Waals surface area contributed by atoms with Gasteiger partial charge in [0.2, 0.25) is 0 Å². The van der Waals surface area contributed by atoms with Crippen molar-refractivity contribution in [1.29, 1.82) is 0 Å². The summed E-state index contributed by atoms with van der Waals surface area (Å²) in [4.78, 5) is 24.8. The summed E-state index contributed by atoms with van der Waals surface area (Å²) < 4.78 is 11.3. The maximum Gasteiger partial charge on any atom is 0.276 e. The summed E-state index contributed by atoms with van der Waals surface area (Å²) in [5.41, 5.74) is 7.64. The van der Waals surface area contributed by atoms with Crippen LogP contribution in [0, 0.1) is 0 Å². The van der Waals surface area contributed by atoms with Crippen molar-refractivity contribution in [3.63, 3.8) is 0 Å². The second kappa shape index (κ2) is 13.8. The minimum absolute atomic E-state index is 0.0506. The van der Waals surface area contributed by atoms with Gasteiger partial charge in [-0.05, 0) is 59.9 Å². The zero-order valence-corrected chi connectivity index (χ0v) is 21.3. The largest absolute Gasteiger partial charge is 0.492 e. The number of thiocarbonyl (C=S) groups is 1. The fourth-order valence-electron chi connectivity index (χ4n) is 3.35. The first-order valence-corrected chi connectivity index (χ1v) is 12.3. The molecule has 0 aliphatic carbocycles. The van der Waals surface area contributed by atoms with Gasteiger partial charge >= 0.3 is 0 Å². The van der Waals surface area contributed by atoms with Crippen molar-refractivity contribution in [2.45, 2.75) is 32.6 Å². The summed E-state index contributed by atoms with van der Waals surface area (Å²) in [6.07, 6.45) is 1.77. The van der Waals surface area contributed by atoms with E-state index in [-0.39, 0.29) is 11.7 Å². The number of benzene rings is 3. The van der Waals surface area contributed by atoms with E-state index in [1.807, 2.05) is 54.6 Å². The normalized spacial score (nSPS) is 11.2. The highest BCUT2D eigenvalue weighted by atomic mass is 32.1. The number of amides is 2. The summed E-state index contributed by atoms with van der Waals surface area (Å²) in [5, 5.41) is 2.49. The lowest BCUT2D eigenvalue weighted by atomic mass is 9.99. The fourth-order valence-corrected chi connectivity index (χ4v) is 3.49. The zero-order valence-electron chi connectivity index (χ0n) is 20.5. The van der Waals surface area contributed by atoms with Gasteiger partial charge in [0.05, 0.1) is 12.2 Å². The van der Waals surface area contributed by atoms with Crippen LogP contribution in [0.2, 0.25) is 0 Å². The minimum Gasteiger partial charge on any atom is -0.492 e. The molecular weight excluding hydrogens is 474 g/mol. The number of carbonyl (C=O) groups is 2. The van der Waals surface area contributed by atoms with Crippen LogP contribution in [-0.4, -0.2) is 30.1 Å². The van der Waals surface area contributed by atoms with Gasteiger partial charge in [0, 0.05) is 6.42 Å². The Morgan fingerprint density at radius 2 is 1.58 bits per heavy atom. The quantitative estimate of drug-likeness (QED) is 0.277. The van der Waals surface area contributed by atoms with Crippen LogP contribution in [0.1, 0.15) is 47.7 Å². The SMILES string of the molecule is CCC(C)c1ccc(OCC(=O)NNC(=S)NC(=O)c2ccccc2OCCc2ccccc2)cc1. The Morgan fingerprint density at radius 3 is 2.31 bits per heavy atom. The molecule has 0 saturated carbocycles. The van der Waals surface area contributed by atoms with Gasteiger partial charge < -0.3 is 9.47 Å². The molecule has 0 bridgehead atoms. The molecule has 8 heteroatoms. The molecule has 0 aromatic heterocycles. The monoisotopic (exact) mass is 505 g/mol. The zero-order chi connectivity index (χ0) is 25.8. The molecule has 0 aliphatic rings. The number of nitrogens with one attached hydrogen (secondary N) is 3. The van der Waals surface area contributed by atoms with E-state index in [4.69, 9.17) is 21.7 Å². The highest BCUT2D eigenvalue weighted by molar-refractivity contribution is 7.80. The first-order valence-electron chi connectivity index (χ1n) is 11.8. The molecule has 0 radical (unpaired) electrons. The molecule has 1 unspecified atom stereocenters. The number of rotatable bonds is 10. The molecule has 0 heterocycles. The molecule has 0 aliphatic heterocycles. The van der Waals surface area contributed by atoms with Crippen LogP contribution < -0.4 is 25.6 Å². The summed E-state index contributed by atoms with van der Waals surface area (Å²) in [6.45, 7) is 4.52. The van der Waals surface area contributed by atoms with Crippen molar-refractivity contribution in [3.8, 4) is 11.5 Å². The molecule has 0 spiro atoms. The van der Waals surface area contributed by atoms with Crippen molar-refractivity contribution in [2.24, 2.45) is 0 Å². The standard InChI is InChI=1S/C28H31N3O4S/c1-3-20(2)22-13-15-23(16-14-22)35-19-26(32)30-31-28(36)29-27(33)24-11-7-8-12-25(24)34-18-17-21-9-5-4-6-10-21/h4-16,20H,3,17-19H2,1-2H3,(H,30,32)(H2,29,31,33,36). The van der Waals surface area contributed by atoms with Gasteiger partial charge in [-0.2, -0.15) is 0 Å². The predicted molar refractivity (Wildman–Crippen MR) is 144 cm³/mol. The van der Waals surface area contributed by atoms with E-state index in [2.05, 4.69) is 30.0 Å². The van der Waals surface area contributed by atoms with Crippen molar-refractivity contribution >= 4 is 29.1 Å². The first kappa shape index (κ1) is 26.7. The summed E-state index contributed by atoms with van der Waals surface area (Å²) >= 11 is 5.13. The van der Waals surface area contributed by atoms with Crippen LogP contribution in [0.5, 0.6) is 11.5 Å². The second-order valence-corrected chi connectivity index (χ2v) is 8.61. The van der Waals surface area contributed by atoms with E-state index in [0.717, 1.165) is 12.0 Å². The van der Waals surface area contributed by atoms with E-state index < -0.39 is 11.8 Å². The van der Waals surface area contributed by atoms with Gasteiger partial charge in [0.15, 0.2) is 11.7 Å². The summed E-state index contributed by atoms with van der Waals surface area (Å²) in [5.74, 6) is 0.620. The minimum atomic E-state index is -0.449. The second-order valence-electron chi connectivity index (χ2n) is 8.20. The van der Waals surface area contributed by atoms with Crippen molar-refractivity contribution in [2.75, 3.05) is 13.2 Å². The third-order valence-electron chi connectivity index (χ3n) is 5.60. The number of ether oxygens (including phenoxy) is 2. The maximum absolute atomic E-state index is 12.7. The highest BCUT2D eigenvalue weighted by Gasteiger charge is 2.14. The number of hydrogen-bond acceptors (Lipinski definition) is 5. The van der Waals surface area contributed by atoms with E-state index in [9.17, 15) is 9.59 Å². The first-order chi connectivity index (χ1) is 17.5. The van der Waals surface area contributed by atoms with Gasteiger partial charge in [-0.15, -0.1) is 0 Å². The van der Waals surface area contributed by atoms with E-state index in [1.165, 1.54) is 5.56 Å². The molecular formula is C28H31N3O4S. The topological polar surface area (TPSA) is 88.7 Å². The Bertz CT molecular complexity index is 1150. The lowest BCUT2D eigenvalue weighted by Crippen LogP contribution is -2.49. The van der Waals surface area contributed by atoms with E-state index in [1.54, 1.807) is 24.3 Å². The Morgan fingerprint density at radius 1 is 0.889 bits per heavy atom. The van der Waals surface area contributed by atoms with Crippen molar-refractivity contribution in [1.82, 2.24) is 16.2 Å². The third kappa shape index (κ3) is 8.39. The Balaban J connectivity index is 1.42. The predicted octanol–water partition coefficient (Wildman–Crippen LogP) is 4.54. The Labute approximate surface area is 217 Å². The summed E-state index contributed by atoms with van der Waals surface area (Å²) in [6, 6.07) is 24.5. The smallest absolute Gasteiger partial charge is 0.276 e. The lowest BCUT2D eigenvalue weighted by Gasteiger charge is -2.14. The molecule has 3 rings (SSSR count). The number of hydrazine groups is 1. The van der Waals surface area contributed by atoms with Crippen LogP contribution >= 0.6 is 12.2 Å². The van der Waals surface area contributed by atoms with Gasteiger partial charge in [-0.25, -0.2) is 0 Å². The number of para-hydroxylation sites is 1. The molecule has 36 heavy (non-hydrogen) atoms. The van der Waals surface area contributed by atoms with Gasteiger partial charge in [0.25, 0.3) is 11.8 Å². The lowest BCUT2D eigenvalue weighted by molar-refractivity contribution is -0.123. The van der Waals surface area contributed by atoms with E-state index >= 15 is 0 Å².